The van der Waals surface area contributed by atoms with Gasteiger partial charge in [0.05, 0.1) is 17.3 Å². The minimum absolute atomic E-state index is 0.161. The van der Waals surface area contributed by atoms with Crippen molar-refractivity contribution in [2.45, 2.75) is 6.42 Å². The molecule has 3 N–H and O–H groups in total. The third-order valence-electron chi connectivity index (χ3n) is 3.10. The number of hydrogen-bond acceptors (Lipinski definition) is 7. The lowest BCUT2D eigenvalue weighted by Gasteiger charge is -2.06. The van der Waals surface area contributed by atoms with Gasteiger partial charge in [0.1, 0.15) is 11.5 Å². The second-order valence-corrected chi connectivity index (χ2v) is 6.43. The maximum absolute atomic E-state index is 8.81. The van der Waals surface area contributed by atoms with Crippen LogP contribution in [0.1, 0.15) is 6.42 Å². The average Bonchev–Trinajstić information content (AvgIpc) is 3.04. The van der Waals surface area contributed by atoms with Crippen LogP contribution in [0.2, 0.25) is 5.02 Å². The van der Waals surface area contributed by atoms with Crippen LogP contribution in [0.15, 0.2) is 42.9 Å². The summed E-state index contributed by atoms with van der Waals surface area (Å²) in [4.78, 5) is 14.0. The Labute approximate surface area is 148 Å². The summed E-state index contributed by atoms with van der Waals surface area (Å²) in [7, 11) is 0. The molecule has 0 atom stereocenters. The predicted molar refractivity (Wildman–Crippen MR) is 98.1 cm³/mol. The average molecular weight is 362 g/mol. The lowest BCUT2D eigenvalue weighted by molar-refractivity contribution is 0.292. The zero-order valence-corrected chi connectivity index (χ0v) is 14.3. The highest BCUT2D eigenvalue weighted by Gasteiger charge is 2.07. The van der Waals surface area contributed by atoms with E-state index < -0.39 is 0 Å². The van der Waals surface area contributed by atoms with E-state index in [-0.39, 0.29) is 6.61 Å². The van der Waals surface area contributed by atoms with Crippen LogP contribution in [-0.2, 0) is 0 Å². The summed E-state index contributed by atoms with van der Waals surface area (Å²) in [5, 5.41) is 16.6. The minimum Gasteiger partial charge on any atom is -0.396 e. The van der Waals surface area contributed by atoms with Crippen molar-refractivity contribution in [3.63, 3.8) is 0 Å². The van der Waals surface area contributed by atoms with Gasteiger partial charge in [-0.2, -0.15) is 0 Å². The van der Waals surface area contributed by atoms with E-state index >= 15 is 0 Å². The Kier molecular flexibility index (Phi) is 5.58. The second kappa shape index (κ2) is 8.05. The van der Waals surface area contributed by atoms with Crippen LogP contribution in [0.25, 0.3) is 10.6 Å². The third-order valence-corrected chi connectivity index (χ3v) is 4.31. The molecular weight excluding hydrogens is 346 g/mol. The Morgan fingerprint density at radius 2 is 2.12 bits per heavy atom. The molecule has 0 fully saturated rings. The van der Waals surface area contributed by atoms with Gasteiger partial charge >= 0.3 is 0 Å². The first-order valence-corrected chi connectivity index (χ1v) is 8.59. The Bertz CT molecular complexity index is 810. The first kappa shape index (κ1) is 16.6. The molecule has 2 aromatic heterocycles. The highest BCUT2D eigenvalue weighted by molar-refractivity contribution is 7.18. The van der Waals surface area contributed by atoms with Gasteiger partial charge in [0.25, 0.3) is 0 Å². The highest BCUT2D eigenvalue weighted by Crippen LogP contribution is 2.28. The number of aromatic nitrogens is 3. The molecule has 3 rings (SSSR count). The van der Waals surface area contributed by atoms with Crippen molar-refractivity contribution in [1.29, 1.82) is 0 Å². The first-order valence-electron chi connectivity index (χ1n) is 7.40. The van der Waals surface area contributed by atoms with Crippen LogP contribution in [-0.4, -0.2) is 33.2 Å². The zero-order valence-electron chi connectivity index (χ0n) is 12.7. The zero-order chi connectivity index (χ0) is 16.8. The number of aliphatic hydroxyl groups is 1. The van der Waals surface area contributed by atoms with Gasteiger partial charge in [-0.05, 0) is 24.6 Å². The number of aliphatic hydroxyl groups excluding tert-OH is 1. The minimum atomic E-state index is 0.161. The molecular formula is C16H16ClN5OS. The van der Waals surface area contributed by atoms with Gasteiger partial charge in [-0.15, -0.1) is 0 Å². The van der Waals surface area contributed by atoms with Gasteiger partial charge < -0.3 is 15.7 Å². The molecule has 0 amide bonds. The molecule has 2 heterocycles. The van der Waals surface area contributed by atoms with E-state index in [1.807, 2.05) is 24.3 Å². The van der Waals surface area contributed by atoms with Gasteiger partial charge in [0.2, 0.25) is 0 Å². The van der Waals surface area contributed by atoms with Crippen molar-refractivity contribution >= 4 is 39.6 Å². The van der Waals surface area contributed by atoms with Crippen molar-refractivity contribution in [2.24, 2.45) is 0 Å². The third kappa shape index (κ3) is 4.41. The van der Waals surface area contributed by atoms with Gasteiger partial charge in [-0.25, -0.2) is 9.97 Å². The molecule has 24 heavy (non-hydrogen) atoms. The molecule has 0 aliphatic rings. The Balaban J connectivity index is 1.73. The Morgan fingerprint density at radius 3 is 2.96 bits per heavy atom. The van der Waals surface area contributed by atoms with Crippen LogP contribution in [0, 0.1) is 0 Å². The summed E-state index contributed by atoms with van der Waals surface area (Å²) in [5.41, 5.74) is 1.60. The summed E-state index contributed by atoms with van der Waals surface area (Å²) >= 11 is 7.49. The Morgan fingerprint density at radius 1 is 1.21 bits per heavy atom. The molecule has 0 saturated carbocycles. The van der Waals surface area contributed by atoms with E-state index in [2.05, 4.69) is 25.6 Å². The summed E-state index contributed by atoms with van der Waals surface area (Å²) in [6, 6.07) is 7.43. The van der Waals surface area contributed by atoms with Crippen molar-refractivity contribution < 1.29 is 5.11 Å². The smallest absolute Gasteiger partial charge is 0.183 e. The maximum atomic E-state index is 8.81. The molecule has 0 bridgehead atoms. The van der Waals surface area contributed by atoms with Crippen molar-refractivity contribution in [2.75, 3.05) is 23.8 Å². The van der Waals surface area contributed by atoms with E-state index in [1.165, 1.54) is 11.3 Å². The number of thiazole rings is 1. The van der Waals surface area contributed by atoms with E-state index in [4.69, 9.17) is 16.7 Å². The number of anilines is 3. The molecule has 0 spiro atoms. The van der Waals surface area contributed by atoms with Crippen LogP contribution in [0.4, 0.5) is 16.6 Å². The van der Waals surface area contributed by atoms with Gasteiger partial charge in [0.15, 0.2) is 5.13 Å². The van der Waals surface area contributed by atoms with Crippen LogP contribution in [0.3, 0.4) is 0 Å². The summed E-state index contributed by atoms with van der Waals surface area (Å²) in [5.74, 6) is 0.637. The summed E-state index contributed by atoms with van der Waals surface area (Å²) in [6.45, 7) is 0.847. The van der Waals surface area contributed by atoms with Crippen molar-refractivity contribution in [3.05, 3.63) is 47.9 Å². The van der Waals surface area contributed by atoms with Crippen molar-refractivity contribution in [3.8, 4) is 10.6 Å². The largest absolute Gasteiger partial charge is 0.396 e. The normalized spacial score (nSPS) is 10.6. The first-order chi connectivity index (χ1) is 11.7. The van der Waals surface area contributed by atoms with E-state index in [9.17, 15) is 0 Å². The molecule has 0 saturated heterocycles. The molecule has 124 valence electrons. The Hall–Kier alpha value is -2.22. The number of nitrogens with one attached hydrogen (secondary N) is 2. The topological polar surface area (TPSA) is 83.0 Å². The van der Waals surface area contributed by atoms with Gasteiger partial charge in [0, 0.05) is 30.1 Å². The van der Waals surface area contributed by atoms with Crippen molar-refractivity contribution in [1.82, 2.24) is 15.0 Å². The number of nitrogens with zero attached hydrogens (tertiary/aromatic N) is 3. The molecule has 0 aliphatic carbocycles. The lowest BCUT2D eigenvalue weighted by atomic mass is 10.3. The molecule has 3 aromatic rings. The molecule has 0 radical (unpaired) electrons. The monoisotopic (exact) mass is 361 g/mol. The summed E-state index contributed by atoms with van der Waals surface area (Å²) in [6.07, 6.45) is 5.81. The molecule has 0 aliphatic heterocycles. The predicted octanol–water partition coefficient (Wildman–Crippen LogP) is 3.79. The molecule has 1 aromatic carbocycles. The fraction of sp³-hybridized carbons (Fsp3) is 0.188. The highest BCUT2D eigenvalue weighted by atomic mass is 35.5. The fourth-order valence-electron chi connectivity index (χ4n) is 2.01. The SMILES string of the molecule is OCCCNc1ncc(-c2cncc(Nc3cccc(Cl)c3)n2)s1. The van der Waals surface area contributed by atoms with Crippen LogP contribution < -0.4 is 10.6 Å². The van der Waals surface area contributed by atoms with E-state index in [0.29, 0.717) is 23.8 Å². The van der Waals surface area contributed by atoms with Gasteiger partial charge in [-0.1, -0.05) is 29.0 Å². The number of benzene rings is 1. The maximum Gasteiger partial charge on any atom is 0.183 e. The molecule has 6 nitrogen and oxygen atoms in total. The number of halogens is 1. The van der Waals surface area contributed by atoms with Crippen LogP contribution >= 0.6 is 22.9 Å². The summed E-state index contributed by atoms with van der Waals surface area (Å²) < 4.78 is 0. The van der Waals surface area contributed by atoms with E-state index in [0.717, 1.165) is 21.4 Å². The van der Waals surface area contributed by atoms with E-state index in [1.54, 1.807) is 18.6 Å². The molecule has 0 unspecified atom stereocenters. The number of rotatable bonds is 7. The number of hydrogen-bond donors (Lipinski definition) is 3. The van der Waals surface area contributed by atoms with Crippen LogP contribution in [0.5, 0.6) is 0 Å². The molecule has 8 heteroatoms. The quantitative estimate of drug-likeness (QED) is 0.555. The standard InChI is InChI=1S/C16H16ClN5OS/c17-11-3-1-4-12(7-11)21-15-10-18-8-13(22-15)14-9-20-16(24-14)19-5-2-6-23/h1,3-4,7-10,23H,2,5-6H2,(H,19,20)(H,21,22). The second-order valence-electron chi connectivity index (χ2n) is 4.96. The fourth-order valence-corrected chi connectivity index (χ4v) is 2.99. The lowest BCUT2D eigenvalue weighted by Crippen LogP contribution is -2.02. The van der Waals surface area contributed by atoms with Gasteiger partial charge in [-0.3, -0.25) is 4.98 Å².